The van der Waals surface area contributed by atoms with Gasteiger partial charge in [-0.2, -0.15) is 0 Å². The van der Waals surface area contributed by atoms with Crippen molar-refractivity contribution in [2.24, 2.45) is 0 Å². The Morgan fingerprint density at radius 3 is 2.48 bits per heavy atom. The van der Waals surface area contributed by atoms with Crippen molar-refractivity contribution in [3.63, 3.8) is 0 Å². The number of hydrogen-bond donors (Lipinski definition) is 0. The first-order chi connectivity index (χ1) is 19.5. The normalized spacial score (nSPS) is 20.6. The maximum Gasteiger partial charge on any atom is 0.248 e. The van der Waals surface area contributed by atoms with E-state index >= 15 is 0 Å². The van der Waals surface area contributed by atoms with Crippen molar-refractivity contribution in [3.05, 3.63) is 59.2 Å². The average molecular weight is 555 g/mol. The van der Waals surface area contributed by atoms with Gasteiger partial charge in [-0.3, -0.25) is 4.79 Å². The molecule has 2 aromatic carbocycles. The zero-order valence-electron chi connectivity index (χ0n) is 24.6. The lowest BCUT2D eigenvalue weighted by atomic mass is 9.79. The zero-order valence-corrected chi connectivity index (χ0v) is 24.6. The van der Waals surface area contributed by atoms with Crippen LogP contribution in [0.5, 0.6) is 5.75 Å². The summed E-state index contributed by atoms with van der Waals surface area (Å²) in [5, 5.41) is 0. The minimum Gasteiger partial charge on any atom is -0.490 e. The summed E-state index contributed by atoms with van der Waals surface area (Å²) in [6.07, 6.45) is 3.72. The number of hydrogen-bond acceptors (Lipinski definition) is 7. The molecule has 8 heteroatoms. The van der Waals surface area contributed by atoms with Gasteiger partial charge in [0, 0.05) is 46.9 Å². The van der Waals surface area contributed by atoms with Gasteiger partial charge in [-0.15, -0.1) is 0 Å². The molecule has 0 saturated heterocycles. The van der Waals surface area contributed by atoms with E-state index < -0.39 is 0 Å². The molecule has 2 aromatic rings. The first-order valence-corrected chi connectivity index (χ1v) is 14.6. The van der Waals surface area contributed by atoms with Crippen molar-refractivity contribution < 1.29 is 28.5 Å². The molecular weight excluding hydrogens is 508 g/mol. The number of ether oxygens (including phenoxy) is 5. The summed E-state index contributed by atoms with van der Waals surface area (Å²) in [7, 11) is 5.26. The molecule has 8 nitrogen and oxygen atoms in total. The van der Waals surface area contributed by atoms with Crippen molar-refractivity contribution >= 4 is 11.6 Å². The second kappa shape index (κ2) is 15.4. The molecule has 1 heterocycles. The van der Waals surface area contributed by atoms with E-state index in [9.17, 15) is 4.79 Å². The molecule has 0 unspecified atom stereocenters. The van der Waals surface area contributed by atoms with Crippen LogP contribution in [0.4, 0.5) is 5.69 Å². The van der Waals surface area contributed by atoms with Gasteiger partial charge in [-0.25, -0.2) is 0 Å². The lowest BCUT2D eigenvalue weighted by Gasteiger charge is -2.38. The van der Waals surface area contributed by atoms with Gasteiger partial charge < -0.3 is 33.5 Å². The third-order valence-electron chi connectivity index (χ3n) is 8.00. The van der Waals surface area contributed by atoms with Gasteiger partial charge in [0.05, 0.1) is 37.7 Å². The monoisotopic (exact) mass is 554 g/mol. The van der Waals surface area contributed by atoms with E-state index in [1.54, 1.807) is 19.1 Å². The lowest BCUT2D eigenvalue weighted by Crippen LogP contribution is -2.40. The van der Waals surface area contributed by atoms with Crippen LogP contribution in [0.3, 0.4) is 0 Å². The van der Waals surface area contributed by atoms with Gasteiger partial charge >= 0.3 is 0 Å². The highest BCUT2D eigenvalue weighted by Crippen LogP contribution is 2.39. The van der Waals surface area contributed by atoms with Crippen molar-refractivity contribution in [2.75, 3.05) is 65.6 Å². The third kappa shape index (κ3) is 7.97. The second-order valence-electron chi connectivity index (χ2n) is 10.7. The maximum atomic E-state index is 12.5. The number of benzene rings is 2. The molecule has 40 heavy (non-hydrogen) atoms. The molecule has 1 saturated carbocycles. The van der Waals surface area contributed by atoms with E-state index in [2.05, 4.69) is 47.4 Å². The number of fused-ring (bicyclic) bond motifs is 1. The van der Waals surface area contributed by atoms with Gasteiger partial charge in [0.1, 0.15) is 19.0 Å². The summed E-state index contributed by atoms with van der Waals surface area (Å²) in [6, 6.07) is 14.9. The number of nitrogens with zero attached hydrogens (tertiary/aromatic N) is 2. The SMILES string of the molecule is CCN(C)C(=O)CO[C@@H]1CCC[C@H](OCc2ccc3c(c2)N(CCCOC)CCO3)[C@H]1c1ccc(COC)cc1. The Hall–Kier alpha value is -2.65. The molecule has 0 bridgehead atoms. The number of methoxy groups -OCH3 is 2. The standard InChI is InChI=1S/C32H46N2O6/c1-5-33(2)31(35)23-40-30-9-6-8-29(32(30)26-13-10-24(11-14-26)21-37-4)39-22-25-12-15-28-27(20-25)34(17-19-38-28)16-7-18-36-3/h10-15,20,29-30,32H,5-9,16-19,21-23H2,1-4H3/t29-,30+,32+/m0/s1. The number of carbonyl (C=O) groups is 1. The fourth-order valence-electron chi connectivity index (χ4n) is 5.63. The molecule has 1 aliphatic carbocycles. The van der Waals surface area contributed by atoms with Crippen LogP contribution < -0.4 is 9.64 Å². The average Bonchev–Trinajstić information content (AvgIpc) is 2.99. The summed E-state index contributed by atoms with van der Waals surface area (Å²) in [4.78, 5) is 16.6. The quantitative estimate of drug-likeness (QED) is 0.311. The predicted molar refractivity (Wildman–Crippen MR) is 156 cm³/mol. The van der Waals surface area contributed by atoms with Crippen molar-refractivity contribution in [1.29, 1.82) is 0 Å². The molecule has 0 aromatic heterocycles. The van der Waals surface area contributed by atoms with Crippen LogP contribution in [-0.4, -0.2) is 83.7 Å². The Morgan fingerprint density at radius 2 is 1.75 bits per heavy atom. The predicted octanol–water partition coefficient (Wildman–Crippen LogP) is 4.78. The molecule has 1 aliphatic heterocycles. The fourth-order valence-corrected chi connectivity index (χ4v) is 5.63. The number of likely N-dealkylation sites (N-methyl/N-ethyl adjacent to an activating group) is 1. The van der Waals surface area contributed by atoms with Gasteiger partial charge in [0.15, 0.2) is 0 Å². The summed E-state index contributed by atoms with van der Waals surface area (Å²) in [5.41, 5.74) is 4.55. The van der Waals surface area contributed by atoms with Crippen LogP contribution in [0.1, 0.15) is 55.2 Å². The first-order valence-electron chi connectivity index (χ1n) is 14.6. The highest BCUT2D eigenvalue weighted by Gasteiger charge is 2.36. The van der Waals surface area contributed by atoms with E-state index in [0.717, 1.165) is 67.9 Å². The number of rotatable bonds is 14. The van der Waals surface area contributed by atoms with Crippen molar-refractivity contribution in [1.82, 2.24) is 4.90 Å². The van der Waals surface area contributed by atoms with Crippen LogP contribution >= 0.6 is 0 Å². The van der Waals surface area contributed by atoms with Crippen LogP contribution in [0, 0.1) is 0 Å². The zero-order chi connectivity index (χ0) is 28.3. The molecule has 3 atom stereocenters. The van der Waals surface area contributed by atoms with Crippen molar-refractivity contribution in [3.8, 4) is 5.75 Å². The van der Waals surface area contributed by atoms with E-state index in [4.69, 9.17) is 23.7 Å². The molecule has 0 radical (unpaired) electrons. The van der Waals surface area contributed by atoms with E-state index in [-0.39, 0.29) is 30.6 Å². The Balaban J connectivity index is 1.49. The smallest absolute Gasteiger partial charge is 0.248 e. The Morgan fingerprint density at radius 1 is 1.00 bits per heavy atom. The van der Waals surface area contributed by atoms with E-state index in [1.807, 2.05) is 14.0 Å². The summed E-state index contributed by atoms with van der Waals surface area (Å²) in [6.45, 7) is 7.05. The summed E-state index contributed by atoms with van der Waals surface area (Å²) in [5.74, 6) is 0.969. The minimum atomic E-state index is -0.0885. The minimum absolute atomic E-state index is 0.00562. The van der Waals surface area contributed by atoms with Crippen LogP contribution in [0.2, 0.25) is 0 Å². The highest BCUT2D eigenvalue weighted by molar-refractivity contribution is 5.77. The molecular formula is C32H46N2O6. The number of amides is 1. The molecule has 1 amide bonds. The molecule has 4 rings (SSSR count). The van der Waals surface area contributed by atoms with Crippen LogP contribution in [0.15, 0.2) is 42.5 Å². The highest BCUT2D eigenvalue weighted by atomic mass is 16.5. The number of carbonyl (C=O) groups excluding carboxylic acids is 1. The summed E-state index contributed by atoms with van der Waals surface area (Å²) >= 11 is 0. The van der Waals surface area contributed by atoms with E-state index in [1.165, 1.54) is 5.56 Å². The van der Waals surface area contributed by atoms with Gasteiger partial charge in [0.2, 0.25) is 5.91 Å². The Kier molecular flexibility index (Phi) is 11.7. The summed E-state index contributed by atoms with van der Waals surface area (Å²) < 4.78 is 29.5. The van der Waals surface area contributed by atoms with Gasteiger partial charge in [0.25, 0.3) is 0 Å². The van der Waals surface area contributed by atoms with Gasteiger partial charge in [-0.1, -0.05) is 30.3 Å². The molecule has 0 N–H and O–H groups in total. The molecule has 1 fully saturated rings. The number of anilines is 1. The van der Waals surface area contributed by atoms with Crippen LogP contribution in [-0.2, 0) is 37.0 Å². The molecule has 0 spiro atoms. The maximum absolute atomic E-state index is 12.5. The fraction of sp³-hybridized carbons (Fsp3) is 0.594. The van der Waals surface area contributed by atoms with Crippen molar-refractivity contribution in [2.45, 2.75) is 63.9 Å². The lowest BCUT2D eigenvalue weighted by molar-refractivity contribution is -0.140. The molecule has 2 aliphatic rings. The van der Waals surface area contributed by atoms with Gasteiger partial charge in [-0.05, 0) is 61.4 Å². The van der Waals surface area contributed by atoms with E-state index in [0.29, 0.717) is 26.4 Å². The van der Waals surface area contributed by atoms with Crippen LogP contribution in [0.25, 0.3) is 0 Å². The third-order valence-corrected chi connectivity index (χ3v) is 8.00. The Labute approximate surface area is 239 Å². The topological polar surface area (TPSA) is 69.7 Å². The first kappa shape index (κ1) is 30.3. The largest absolute Gasteiger partial charge is 0.490 e. The Bertz CT molecular complexity index is 1060. The second-order valence-corrected chi connectivity index (χ2v) is 10.7. The molecule has 220 valence electrons.